The highest BCUT2D eigenvalue weighted by Gasteiger charge is 2.41. The number of hydrogen-bond donors (Lipinski definition) is 2. The van der Waals surface area contributed by atoms with Crippen molar-refractivity contribution in [3.63, 3.8) is 0 Å². The summed E-state index contributed by atoms with van der Waals surface area (Å²) >= 11 is 2.64. The molecule has 4 amide bonds. The number of benzene rings is 10. The van der Waals surface area contributed by atoms with Crippen molar-refractivity contribution in [2.45, 2.75) is 12.8 Å². The van der Waals surface area contributed by atoms with Gasteiger partial charge in [0.1, 0.15) is 44.8 Å². The predicted molar refractivity (Wildman–Crippen MR) is 428 cm³/mol. The van der Waals surface area contributed by atoms with E-state index in [1.165, 1.54) is 59.1 Å². The van der Waals surface area contributed by atoms with Crippen molar-refractivity contribution >= 4 is 156 Å². The zero-order chi connectivity index (χ0) is 77.7. The van der Waals surface area contributed by atoms with Crippen molar-refractivity contribution < 1.29 is 64.2 Å². The number of imide groups is 2. The van der Waals surface area contributed by atoms with Crippen molar-refractivity contribution in [1.82, 2.24) is 28.7 Å². The Labute approximate surface area is 648 Å². The van der Waals surface area contributed by atoms with Crippen LogP contribution in [0.15, 0.2) is 255 Å². The van der Waals surface area contributed by atoms with E-state index in [0.717, 1.165) is 41.1 Å². The van der Waals surface area contributed by atoms with E-state index in [9.17, 15) is 65.2 Å². The van der Waals surface area contributed by atoms with Gasteiger partial charge < -0.3 is 18.4 Å². The fourth-order valence-electron chi connectivity index (χ4n) is 14.6. The van der Waals surface area contributed by atoms with Crippen molar-refractivity contribution in [2.75, 3.05) is 24.6 Å². The molecule has 16 rings (SSSR count). The molecule has 0 saturated heterocycles. The third kappa shape index (κ3) is 13.9. The third-order valence-electron chi connectivity index (χ3n) is 19.5. The first-order chi connectivity index (χ1) is 54.2. The lowest BCUT2D eigenvalue weighted by molar-refractivity contribution is 0.0639. The Morgan fingerprint density at radius 3 is 1.06 bits per heavy atom. The van der Waals surface area contributed by atoms with Crippen molar-refractivity contribution in [3.05, 3.63) is 309 Å². The van der Waals surface area contributed by atoms with Gasteiger partial charge in [-0.3, -0.25) is 38.1 Å². The Balaban J connectivity index is 0.978. The number of thiazole rings is 2. The molecule has 10 aromatic carbocycles. The third-order valence-corrected chi connectivity index (χ3v) is 23.2. The molecule has 22 nitrogen and oxygen atoms in total. The fraction of sp³-hybridized carbons (Fsp3) is 0.0714. The van der Waals surface area contributed by atoms with Gasteiger partial charge in [-0.25, -0.2) is 19.6 Å². The average molecular weight is 1550 g/mol. The van der Waals surface area contributed by atoms with Crippen molar-refractivity contribution in [2.24, 2.45) is 0 Å². The van der Waals surface area contributed by atoms with E-state index in [-0.39, 0.29) is 82.0 Å². The molecule has 0 atom stereocenters. The first-order valence-corrected chi connectivity index (χ1v) is 39.9. The summed E-state index contributed by atoms with van der Waals surface area (Å²) in [4.78, 5) is 95.5. The van der Waals surface area contributed by atoms with Crippen LogP contribution in [0.4, 0.5) is 0 Å². The van der Waals surface area contributed by atoms with Crippen molar-refractivity contribution in [3.8, 4) is 46.2 Å². The van der Waals surface area contributed by atoms with Gasteiger partial charge in [0.15, 0.2) is 0 Å². The molecule has 0 spiro atoms. The minimum absolute atomic E-state index is 0.0103. The number of para-hydroxylation sites is 2. The van der Waals surface area contributed by atoms with E-state index in [1.54, 1.807) is 48.5 Å². The number of esters is 2. The van der Waals surface area contributed by atoms with E-state index in [0.29, 0.717) is 65.0 Å². The molecule has 546 valence electrons. The van der Waals surface area contributed by atoms with Crippen LogP contribution in [0.3, 0.4) is 0 Å². The molecule has 0 fully saturated rings. The largest absolute Gasteiger partial charge is 0.423 e. The highest BCUT2D eigenvalue weighted by Crippen LogP contribution is 2.40. The van der Waals surface area contributed by atoms with Gasteiger partial charge in [-0.2, -0.15) is 27.4 Å². The second kappa shape index (κ2) is 29.9. The van der Waals surface area contributed by atoms with E-state index in [1.807, 2.05) is 170 Å². The Kier molecular flexibility index (Phi) is 19.5. The van der Waals surface area contributed by atoms with Gasteiger partial charge in [0, 0.05) is 35.2 Å². The van der Waals surface area contributed by atoms with Gasteiger partial charge in [0.2, 0.25) is 0 Å². The molecule has 2 aliphatic rings. The summed E-state index contributed by atoms with van der Waals surface area (Å²) in [6.45, 7) is -2.27. The molecular weight excluding hydrogens is 1490 g/mol. The molecule has 0 saturated carbocycles. The molecule has 2 N–H and O–H groups in total. The second-order valence-electron chi connectivity index (χ2n) is 26.4. The summed E-state index contributed by atoms with van der Waals surface area (Å²) < 4.78 is 82.9. The van der Waals surface area contributed by atoms with E-state index in [4.69, 9.17) is 19.4 Å². The maximum Gasteiger partial charge on any atom is 0.343 e. The second-order valence-corrected chi connectivity index (χ2v) is 31.6. The fourth-order valence-corrected chi connectivity index (χ4v) is 17.5. The predicted octanol–water partition coefficient (Wildman–Crippen LogP) is 9.94. The number of nitriles is 2. The number of nitrogens with zero attached hydrogens (tertiary/aromatic N) is 8. The molecule has 0 radical (unpaired) electrons. The topological polar surface area (TPSA) is 319 Å². The van der Waals surface area contributed by atoms with Crippen LogP contribution in [0.2, 0.25) is 0 Å². The first kappa shape index (κ1) is 72.9. The lowest BCUT2D eigenvalue weighted by Crippen LogP contribution is -2.54. The number of ether oxygens (including phenoxy) is 2. The maximum absolute atomic E-state index is 14.5. The van der Waals surface area contributed by atoms with Crippen LogP contribution in [0.1, 0.15) is 85.0 Å². The van der Waals surface area contributed by atoms with Crippen molar-refractivity contribution in [1.29, 1.82) is 10.5 Å². The minimum Gasteiger partial charge on any atom is -0.423 e. The number of amides is 4. The lowest BCUT2D eigenvalue weighted by atomic mass is 9.50. The summed E-state index contributed by atoms with van der Waals surface area (Å²) in [5.41, 5.74) is 6.09. The highest BCUT2D eigenvalue weighted by atomic mass is 32.2. The number of carbonyl (C=O) groups excluding carboxylic acids is 6. The van der Waals surface area contributed by atoms with Gasteiger partial charge in [-0.1, -0.05) is 167 Å². The van der Waals surface area contributed by atoms with Gasteiger partial charge in [0.05, 0.1) is 76.0 Å². The number of hydrogen-bond acceptors (Lipinski definition) is 18. The number of carbonyl (C=O) groups is 6. The SMILES string of the molecule is N#C/C(c1nc2ccccc2s1)=c1\c2c(-c3ccc(OC(=O)c4ccc5c(c4)C(=O)N(CCCS(=O)(=O)O)C5=O)cc3)n(B(c3ccccc3)c3ccccc3)/c(=C(/C#N)c3nc4ccccc4s3)c2c(-c2ccc(OC(=O)c3ccc4c(c3)C(=O)N(CCCS(=O)(=O)O)C4=O)cc2)n1B(c1ccccc1)c1ccccc1. The molecule has 6 heterocycles. The Hall–Kier alpha value is -13.3. The van der Waals surface area contributed by atoms with Crippen LogP contribution < -0.4 is 42.0 Å². The Morgan fingerprint density at radius 1 is 0.420 bits per heavy atom. The molecule has 4 aromatic heterocycles. The van der Waals surface area contributed by atoms with E-state index < -0.39 is 81.0 Å². The molecule has 14 aromatic rings. The Bertz CT molecular complexity index is 6160. The minimum atomic E-state index is -4.39. The van der Waals surface area contributed by atoms with Gasteiger partial charge >= 0.3 is 25.6 Å². The molecule has 0 bridgehead atoms. The zero-order valence-corrected chi connectivity index (χ0v) is 61.9. The van der Waals surface area contributed by atoms with E-state index >= 15 is 0 Å². The molecule has 2 aliphatic heterocycles. The van der Waals surface area contributed by atoms with Crippen LogP contribution in [0, 0.1) is 22.7 Å². The monoisotopic (exact) mass is 1550 g/mol. The standard InChI is InChI=1S/C84H56B2N8O14S4/c87-49-65(77-89-67-27-13-15-29-69(67)109-77)75-72-71(73(93(75)85(55-19-5-1-6-20-55)56-21-7-2-8-22-56)51-31-37-59(38-32-51)107-83(99)53-35-41-61-63(47-53)81(97)91(79(61)95)43-17-45-111(101,102)103)76(66(50-88)78-90-68-28-14-16-30-70(68)110-78)94(86(57-23-9-3-10-24-57)58-25-11-4-12-26-58)74(72)52-33-39-60(40-34-52)108-84(100)54-36-42-62-64(48-54)82(98)92(80(62)96)44-18-46-112(104,105)106/h1-16,19-42,47-48H,17-18,43-46H2,(H,101,102,103)(H,104,105,106)/b75-65-,76-66-. The van der Waals surface area contributed by atoms with Crippen LogP contribution in [-0.4, -0.2) is 129 Å². The highest BCUT2D eigenvalue weighted by molar-refractivity contribution is 7.86. The van der Waals surface area contributed by atoms with Crippen LogP contribution >= 0.6 is 22.7 Å². The van der Waals surface area contributed by atoms with Crippen LogP contribution in [0.5, 0.6) is 11.5 Å². The molecule has 28 heteroatoms. The zero-order valence-electron chi connectivity index (χ0n) is 58.7. The van der Waals surface area contributed by atoms with Crippen LogP contribution in [0.25, 0.3) is 64.9 Å². The number of fused-ring (bicyclic) bond motifs is 5. The average Bonchev–Trinajstić information content (AvgIpc) is 1.52. The van der Waals surface area contributed by atoms with Gasteiger partial charge in [0.25, 0.3) is 43.9 Å². The summed E-state index contributed by atoms with van der Waals surface area (Å²) in [6, 6.07) is 80.8. The molecule has 0 aliphatic carbocycles. The maximum atomic E-state index is 14.5. The quantitative estimate of drug-likeness (QED) is 0.0209. The smallest absolute Gasteiger partial charge is 0.343 e. The van der Waals surface area contributed by atoms with Gasteiger partial charge in [-0.05, 0) is 133 Å². The van der Waals surface area contributed by atoms with Gasteiger partial charge in [-0.15, -0.1) is 22.7 Å². The first-order valence-electron chi connectivity index (χ1n) is 35.1. The van der Waals surface area contributed by atoms with Crippen LogP contribution in [-0.2, 0) is 20.2 Å². The lowest BCUT2D eigenvalue weighted by Gasteiger charge is -2.24. The van der Waals surface area contributed by atoms with E-state index in [2.05, 4.69) is 21.1 Å². The molecular formula is C84H56B2N8O14S4. The summed E-state index contributed by atoms with van der Waals surface area (Å²) in [7, 11) is -8.79. The summed E-state index contributed by atoms with van der Waals surface area (Å²) in [6.07, 6.45) is -0.456. The normalized spacial score (nSPS) is 13.3. The molecule has 112 heavy (non-hydrogen) atoms. The number of aromatic nitrogens is 4. The Morgan fingerprint density at radius 2 is 0.741 bits per heavy atom. The summed E-state index contributed by atoms with van der Waals surface area (Å²) in [5, 5.41) is 27.4. The molecule has 0 unspecified atom stereocenters. The summed E-state index contributed by atoms with van der Waals surface area (Å²) in [5.74, 6) is -6.00. The number of rotatable bonds is 22.